The van der Waals surface area contributed by atoms with Gasteiger partial charge in [-0.2, -0.15) is 5.10 Å². The zero-order chi connectivity index (χ0) is 23.7. The van der Waals surface area contributed by atoms with E-state index in [2.05, 4.69) is 10.4 Å². The molecule has 7 heteroatoms. The molecule has 5 rings (SSSR count). The van der Waals surface area contributed by atoms with Crippen LogP contribution >= 0.6 is 0 Å². The van der Waals surface area contributed by atoms with Gasteiger partial charge in [0.15, 0.2) is 5.76 Å². The van der Waals surface area contributed by atoms with Crippen molar-refractivity contribution in [3.63, 3.8) is 0 Å². The van der Waals surface area contributed by atoms with Crippen molar-refractivity contribution in [2.24, 2.45) is 0 Å². The first-order chi connectivity index (χ1) is 16.5. The van der Waals surface area contributed by atoms with Crippen LogP contribution in [0.2, 0.25) is 0 Å². The average molecular weight is 461 g/mol. The van der Waals surface area contributed by atoms with E-state index in [-0.39, 0.29) is 17.9 Å². The monoisotopic (exact) mass is 460 g/mol. The number of aryl methyl sites for hydroxylation is 1. The number of rotatable bonds is 5. The number of nitrogens with zero attached hydrogens (tertiary/aromatic N) is 3. The Morgan fingerprint density at radius 3 is 2.62 bits per heavy atom. The molecule has 178 valence electrons. The molecule has 3 heterocycles. The molecule has 1 aliphatic carbocycles. The third-order valence-corrected chi connectivity index (χ3v) is 7.34. The molecule has 3 aromatic rings. The van der Waals surface area contributed by atoms with Crippen molar-refractivity contribution in [1.82, 2.24) is 20.0 Å². The highest BCUT2D eigenvalue weighted by molar-refractivity contribution is 6.00. The molecule has 0 radical (unpaired) electrons. The fourth-order valence-electron chi connectivity index (χ4n) is 5.16. The van der Waals surface area contributed by atoms with Crippen molar-refractivity contribution in [2.75, 3.05) is 0 Å². The zero-order valence-corrected chi connectivity index (χ0v) is 19.9. The third kappa shape index (κ3) is 4.15. The Morgan fingerprint density at radius 1 is 1.15 bits per heavy atom. The molecular formula is C27H32N4O3. The summed E-state index contributed by atoms with van der Waals surface area (Å²) in [5.74, 6) is 0.296. The lowest BCUT2D eigenvalue weighted by molar-refractivity contribution is -0.134. The van der Waals surface area contributed by atoms with Gasteiger partial charge in [0.25, 0.3) is 5.91 Å². The van der Waals surface area contributed by atoms with Gasteiger partial charge >= 0.3 is 0 Å². The SMILES string of the molecule is Cc1ccccc1CN1C(=O)c2cc(-c3ccco3)nn2CC1(C)C(=O)NC1CCCCCC1. The van der Waals surface area contributed by atoms with Crippen LogP contribution in [0.1, 0.15) is 67.1 Å². The molecule has 0 bridgehead atoms. The van der Waals surface area contributed by atoms with Gasteiger partial charge in [-0.3, -0.25) is 14.3 Å². The van der Waals surface area contributed by atoms with Gasteiger partial charge in [-0.1, -0.05) is 49.9 Å². The normalized spacial score (nSPS) is 21.2. The van der Waals surface area contributed by atoms with Crippen molar-refractivity contribution in [2.45, 2.75) is 77.0 Å². The summed E-state index contributed by atoms with van der Waals surface area (Å²) in [5.41, 5.74) is 2.13. The highest BCUT2D eigenvalue weighted by atomic mass is 16.3. The first-order valence-electron chi connectivity index (χ1n) is 12.2. The molecule has 1 unspecified atom stereocenters. The second kappa shape index (κ2) is 9.12. The van der Waals surface area contributed by atoms with Crippen molar-refractivity contribution >= 4 is 11.8 Å². The van der Waals surface area contributed by atoms with Crippen molar-refractivity contribution in [3.8, 4) is 11.5 Å². The zero-order valence-electron chi connectivity index (χ0n) is 19.9. The number of nitrogens with one attached hydrogen (secondary N) is 1. The number of carbonyl (C=O) groups excluding carboxylic acids is 2. The van der Waals surface area contributed by atoms with Crippen LogP contribution in [-0.2, 0) is 17.9 Å². The summed E-state index contributed by atoms with van der Waals surface area (Å²) in [5, 5.41) is 7.93. The molecular weight excluding hydrogens is 428 g/mol. The van der Waals surface area contributed by atoms with Crippen LogP contribution in [0.4, 0.5) is 0 Å². The lowest BCUT2D eigenvalue weighted by Crippen LogP contribution is -2.64. The van der Waals surface area contributed by atoms with Gasteiger partial charge in [0.2, 0.25) is 5.91 Å². The van der Waals surface area contributed by atoms with Crippen molar-refractivity contribution < 1.29 is 14.0 Å². The van der Waals surface area contributed by atoms with Crippen LogP contribution in [0.25, 0.3) is 11.5 Å². The van der Waals surface area contributed by atoms with Gasteiger partial charge in [0.1, 0.15) is 16.9 Å². The van der Waals surface area contributed by atoms with Gasteiger partial charge in [0.05, 0.1) is 12.8 Å². The predicted octanol–water partition coefficient (Wildman–Crippen LogP) is 4.71. The Balaban J connectivity index is 1.50. The summed E-state index contributed by atoms with van der Waals surface area (Å²) in [6.07, 6.45) is 8.25. The summed E-state index contributed by atoms with van der Waals surface area (Å²) in [6.45, 7) is 4.55. The van der Waals surface area contributed by atoms with E-state index >= 15 is 0 Å². The smallest absolute Gasteiger partial charge is 0.273 e. The average Bonchev–Trinajstić information content (AvgIpc) is 3.43. The number of amides is 2. The maximum absolute atomic E-state index is 13.8. The summed E-state index contributed by atoms with van der Waals surface area (Å²) >= 11 is 0. The van der Waals surface area contributed by atoms with Crippen LogP contribution < -0.4 is 5.32 Å². The van der Waals surface area contributed by atoms with Crippen molar-refractivity contribution in [3.05, 3.63) is 65.5 Å². The molecule has 7 nitrogen and oxygen atoms in total. The maximum atomic E-state index is 13.8. The number of benzene rings is 1. The van der Waals surface area contributed by atoms with Gasteiger partial charge in [-0.25, -0.2) is 0 Å². The molecule has 1 N–H and O–H groups in total. The molecule has 1 aromatic carbocycles. The minimum Gasteiger partial charge on any atom is -0.463 e. The molecule has 2 amide bonds. The van der Waals surface area contributed by atoms with E-state index < -0.39 is 5.54 Å². The Hall–Kier alpha value is -3.35. The van der Waals surface area contributed by atoms with Crippen LogP contribution in [0.3, 0.4) is 0 Å². The molecule has 1 aliphatic heterocycles. The minimum absolute atomic E-state index is 0.109. The van der Waals surface area contributed by atoms with Gasteiger partial charge in [-0.05, 0) is 49.9 Å². The lowest BCUT2D eigenvalue weighted by Gasteiger charge is -2.44. The summed E-state index contributed by atoms with van der Waals surface area (Å²) < 4.78 is 7.17. The molecule has 2 aromatic heterocycles. The Bertz CT molecular complexity index is 1170. The summed E-state index contributed by atoms with van der Waals surface area (Å²) in [6, 6.07) is 13.5. The van der Waals surface area contributed by atoms with Crippen LogP contribution in [0, 0.1) is 6.92 Å². The highest BCUT2D eigenvalue weighted by Crippen LogP contribution is 2.32. The summed E-state index contributed by atoms with van der Waals surface area (Å²) in [7, 11) is 0. The predicted molar refractivity (Wildman–Crippen MR) is 129 cm³/mol. The third-order valence-electron chi connectivity index (χ3n) is 7.34. The molecule has 0 spiro atoms. The second-order valence-corrected chi connectivity index (χ2v) is 9.80. The fourth-order valence-corrected chi connectivity index (χ4v) is 5.16. The Morgan fingerprint density at radius 2 is 1.91 bits per heavy atom. The van der Waals surface area contributed by atoms with Crippen LogP contribution in [0.15, 0.2) is 53.1 Å². The Kier molecular flexibility index (Phi) is 6.02. The molecule has 34 heavy (non-hydrogen) atoms. The van der Waals surface area contributed by atoms with Gasteiger partial charge in [-0.15, -0.1) is 0 Å². The van der Waals surface area contributed by atoms with Gasteiger partial charge in [0, 0.05) is 18.7 Å². The first-order valence-corrected chi connectivity index (χ1v) is 12.2. The van der Waals surface area contributed by atoms with E-state index in [4.69, 9.17) is 4.42 Å². The largest absolute Gasteiger partial charge is 0.463 e. The molecule has 0 saturated heterocycles. The lowest BCUT2D eigenvalue weighted by atomic mass is 9.92. The molecule has 1 saturated carbocycles. The van der Waals surface area contributed by atoms with Crippen LogP contribution in [-0.4, -0.2) is 38.1 Å². The first kappa shape index (κ1) is 22.4. The maximum Gasteiger partial charge on any atom is 0.273 e. The number of fused-ring (bicyclic) bond motifs is 1. The van der Waals surface area contributed by atoms with E-state index in [1.165, 1.54) is 12.8 Å². The van der Waals surface area contributed by atoms with Gasteiger partial charge < -0.3 is 14.6 Å². The fraction of sp³-hybridized carbons (Fsp3) is 0.444. The van der Waals surface area contributed by atoms with E-state index in [0.29, 0.717) is 30.2 Å². The number of hydrogen-bond acceptors (Lipinski definition) is 4. The quantitative estimate of drug-likeness (QED) is 0.560. The molecule has 2 aliphatic rings. The standard InChI is InChI=1S/C27H32N4O3/c1-19-10-7-8-11-20(19)17-30-25(32)23-16-22(24-14-9-15-34-24)29-31(23)18-27(30,2)26(33)28-21-12-5-3-4-6-13-21/h7-11,14-16,21H,3-6,12-13,17-18H2,1-2H3,(H,28,33). The Labute approximate surface area is 200 Å². The second-order valence-electron chi connectivity index (χ2n) is 9.80. The summed E-state index contributed by atoms with van der Waals surface area (Å²) in [4.78, 5) is 29.4. The molecule has 1 fully saturated rings. The topological polar surface area (TPSA) is 80.4 Å². The number of carbonyl (C=O) groups is 2. The van der Waals surface area contributed by atoms with E-state index in [1.807, 2.05) is 44.2 Å². The highest BCUT2D eigenvalue weighted by Gasteiger charge is 2.48. The van der Waals surface area contributed by atoms with E-state index in [9.17, 15) is 9.59 Å². The van der Waals surface area contributed by atoms with E-state index in [1.54, 1.807) is 28.0 Å². The number of furan rings is 1. The minimum atomic E-state index is -1.06. The number of hydrogen-bond donors (Lipinski definition) is 1. The van der Waals surface area contributed by atoms with E-state index in [0.717, 1.165) is 36.8 Å². The van der Waals surface area contributed by atoms with Crippen LogP contribution in [0.5, 0.6) is 0 Å². The number of aromatic nitrogens is 2. The molecule has 1 atom stereocenters. The van der Waals surface area contributed by atoms with Crippen molar-refractivity contribution in [1.29, 1.82) is 0 Å².